The van der Waals surface area contributed by atoms with Crippen LogP contribution < -0.4 is 0 Å². The lowest BCUT2D eigenvalue weighted by Gasteiger charge is -1.86. The molecule has 0 fully saturated rings. The highest BCUT2D eigenvalue weighted by atomic mass is 79.9. The van der Waals surface area contributed by atoms with Gasteiger partial charge in [-0.15, -0.1) is 0 Å². The SMILES string of the molecule is C=C(CBr)C(=O)O.C=C(CBr)C(=O)O. The lowest BCUT2D eigenvalue weighted by Crippen LogP contribution is -1.98. The summed E-state index contributed by atoms with van der Waals surface area (Å²) in [6.07, 6.45) is 0. The molecule has 0 radical (unpaired) electrons. The first kappa shape index (κ1) is 15.8. The molecule has 0 amide bonds. The Morgan fingerprint density at radius 1 is 0.929 bits per heavy atom. The monoisotopic (exact) mass is 328 g/mol. The second-order valence-corrected chi connectivity index (χ2v) is 3.21. The predicted molar refractivity (Wildman–Crippen MR) is 61.1 cm³/mol. The summed E-state index contributed by atoms with van der Waals surface area (Å²) in [5, 5.41) is 16.8. The first-order valence-electron chi connectivity index (χ1n) is 3.30. The summed E-state index contributed by atoms with van der Waals surface area (Å²) in [7, 11) is 0. The Morgan fingerprint density at radius 2 is 1.14 bits per heavy atom. The Balaban J connectivity index is 0. The van der Waals surface area contributed by atoms with Crippen molar-refractivity contribution in [3.8, 4) is 0 Å². The number of halogens is 2. The summed E-state index contributed by atoms with van der Waals surface area (Å²) < 4.78 is 0. The van der Waals surface area contributed by atoms with Crippen LogP contribution in [0.15, 0.2) is 24.3 Å². The van der Waals surface area contributed by atoms with E-state index in [-0.39, 0.29) is 11.1 Å². The Morgan fingerprint density at radius 3 is 1.14 bits per heavy atom. The van der Waals surface area contributed by atoms with Crippen molar-refractivity contribution in [2.45, 2.75) is 0 Å². The van der Waals surface area contributed by atoms with Crippen LogP contribution in [0.3, 0.4) is 0 Å². The van der Waals surface area contributed by atoms with E-state index in [0.717, 1.165) is 0 Å². The molecule has 0 rings (SSSR count). The zero-order valence-corrected chi connectivity index (χ0v) is 10.5. The Hall–Kier alpha value is -0.620. The van der Waals surface area contributed by atoms with Crippen molar-refractivity contribution in [1.29, 1.82) is 0 Å². The first-order valence-corrected chi connectivity index (χ1v) is 5.55. The van der Waals surface area contributed by atoms with Crippen LogP contribution in [0.5, 0.6) is 0 Å². The van der Waals surface area contributed by atoms with Crippen molar-refractivity contribution < 1.29 is 19.8 Å². The molecule has 0 heterocycles. The summed E-state index contributed by atoms with van der Waals surface area (Å²) in [4.78, 5) is 19.6. The lowest BCUT2D eigenvalue weighted by atomic mass is 10.4. The van der Waals surface area contributed by atoms with Crippen molar-refractivity contribution >= 4 is 43.8 Å². The van der Waals surface area contributed by atoms with Gasteiger partial charge in [-0.2, -0.15) is 0 Å². The van der Waals surface area contributed by atoms with Crippen LogP contribution in [0, 0.1) is 0 Å². The van der Waals surface area contributed by atoms with Crippen LogP contribution >= 0.6 is 31.9 Å². The van der Waals surface area contributed by atoms with Gasteiger partial charge >= 0.3 is 11.9 Å². The Kier molecular flexibility index (Phi) is 10.1. The normalized spacial score (nSPS) is 8.14. The Bertz CT molecular complexity index is 222. The summed E-state index contributed by atoms with van der Waals surface area (Å²) in [6.45, 7) is 6.45. The van der Waals surface area contributed by atoms with Gasteiger partial charge in [0.15, 0.2) is 0 Å². The zero-order valence-electron chi connectivity index (χ0n) is 7.30. The molecule has 0 aromatic rings. The Labute approximate surface area is 98.6 Å². The molecule has 0 aliphatic carbocycles. The highest BCUT2D eigenvalue weighted by molar-refractivity contribution is 9.09. The molecule has 6 heteroatoms. The van der Waals surface area contributed by atoms with Crippen molar-refractivity contribution in [3.05, 3.63) is 24.3 Å². The lowest BCUT2D eigenvalue weighted by molar-refractivity contribution is -0.133. The van der Waals surface area contributed by atoms with E-state index in [4.69, 9.17) is 10.2 Å². The van der Waals surface area contributed by atoms with Gasteiger partial charge in [0.2, 0.25) is 0 Å². The summed E-state index contributed by atoms with van der Waals surface area (Å²) in [5.41, 5.74) is 0.361. The molecule has 0 spiro atoms. The van der Waals surface area contributed by atoms with E-state index < -0.39 is 11.9 Å². The topological polar surface area (TPSA) is 74.6 Å². The van der Waals surface area contributed by atoms with Gasteiger partial charge in [-0.1, -0.05) is 45.0 Å². The smallest absolute Gasteiger partial charge is 0.331 e. The summed E-state index contributed by atoms with van der Waals surface area (Å²) >= 11 is 5.87. The van der Waals surface area contributed by atoms with Gasteiger partial charge in [0, 0.05) is 21.8 Å². The molecule has 2 N–H and O–H groups in total. The zero-order chi connectivity index (χ0) is 11.7. The highest BCUT2D eigenvalue weighted by Gasteiger charge is 1.98. The fraction of sp³-hybridized carbons (Fsp3) is 0.250. The van der Waals surface area contributed by atoms with Gasteiger partial charge < -0.3 is 10.2 Å². The number of carbonyl (C=O) groups is 2. The second kappa shape index (κ2) is 8.96. The van der Waals surface area contributed by atoms with Crippen LogP contribution in [0.1, 0.15) is 0 Å². The largest absolute Gasteiger partial charge is 0.478 e. The molecule has 0 aromatic heterocycles. The van der Waals surface area contributed by atoms with E-state index in [2.05, 4.69) is 45.0 Å². The average molecular weight is 330 g/mol. The maximum absolute atomic E-state index is 9.80. The summed E-state index contributed by atoms with van der Waals surface area (Å²) in [6, 6.07) is 0. The molecule has 0 aliphatic rings. The number of rotatable bonds is 4. The van der Waals surface area contributed by atoms with E-state index >= 15 is 0 Å². The number of alkyl halides is 2. The summed E-state index contributed by atoms with van der Waals surface area (Å²) in [5.74, 6) is -1.89. The molecule has 4 nitrogen and oxygen atoms in total. The average Bonchev–Trinajstić information content (AvgIpc) is 2.15. The highest BCUT2D eigenvalue weighted by Crippen LogP contribution is 1.94. The second-order valence-electron chi connectivity index (χ2n) is 2.08. The number of carboxylic acids is 2. The number of hydrogen-bond acceptors (Lipinski definition) is 2. The molecular weight excluding hydrogens is 320 g/mol. The van der Waals surface area contributed by atoms with E-state index in [1.54, 1.807) is 0 Å². The minimum atomic E-state index is -0.947. The number of hydrogen-bond donors (Lipinski definition) is 2. The third kappa shape index (κ3) is 9.47. The third-order valence-corrected chi connectivity index (χ3v) is 2.28. The first-order chi connectivity index (χ1) is 6.36. The van der Waals surface area contributed by atoms with Crippen molar-refractivity contribution in [2.75, 3.05) is 10.7 Å². The fourth-order valence-corrected chi connectivity index (χ4v) is 0.594. The number of aliphatic carboxylic acids is 2. The molecule has 0 saturated carbocycles. The molecule has 80 valence electrons. The van der Waals surface area contributed by atoms with E-state index in [9.17, 15) is 9.59 Å². The molecule has 0 bridgehead atoms. The third-order valence-electron chi connectivity index (χ3n) is 0.928. The molecule has 14 heavy (non-hydrogen) atoms. The van der Waals surface area contributed by atoms with Gasteiger partial charge in [-0.05, 0) is 0 Å². The van der Waals surface area contributed by atoms with Gasteiger partial charge in [0.25, 0.3) is 0 Å². The molecule has 0 aromatic carbocycles. The van der Waals surface area contributed by atoms with E-state index in [1.807, 2.05) is 0 Å². The van der Waals surface area contributed by atoms with Crippen LogP contribution in [-0.4, -0.2) is 32.8 Å². The molecule has 0 unspecified atom stereocenters. The van der Waals surface area contributed by atoms with E-state index in [1.165, 1.54) is 0 Å². The van der Waals surface area contributed by atoms with Gasteiger partial charge in [-0.3, -0.25) is 0 Å². The van der Waals surface area contributed by atoms with Crippen LogP contribution in [0.25, 0.3) is 0 Å². The molecule has 0 atom stereocenters. The minimum absolute atomic E-state index is 0.181. The van der Waals surface area contributed by atoms with Gasteiger partial charge in [-0.25, -0.2) is 9.59 Å². The molecular formula is C8H10Br2O4. The van der Waals surface area contributed by atoms with Crippen LogP contribution in [-0.2, 0) is 9.59 Å². The van der Waals surface area contributed by atoms with E-state index in [0.29, 0.717) is 10.7 Å². The van der Waals surface area contributed by atoms with Crippen LogP contribution in [0.2, 0.25) is 0 Å². The molecule has 0 saturated heterocycles. The van der Waals surface area contributed by atoms with Gasteiger partial charge in [0.1, 0.15) is 0 Å². The van der Waals surface area contributed by atoms with Crippen molar-refractivity contribution in [1.82, 2.24) is 0 Å². The maximum Gasteiger partial charge on any atom is 0.331 e. The standard InChI is InChI=1S/2C4H5BrO2/c2*1-3(2-5)4(6)7/h2*1-2H2,(H,6,7). The van der Waals surface area contributed by atoms with Crippen molar-refractivity contribution in [2.24, 2.45) is 0 Å². The predicted octanol–water partition coefficient (Wildman–Crippen LogP) is 2.04. The number of carboxylic acid groups (broad SMARTS) is 2. The fourth-order valence-electron chi connectivity index (χ4n) is 0.114. The van der Waals surface area contributed by atoms with Crippen molar-refractivity contribution in [3.63, 3.8) is 0 Å². The minimum Gasteiger partial charge on any atom is -0.478 e. The van der Waals surface area contributed by atoms with Gasteiger partial charge in [0.05, 0.1) is 0 Å². The van der Waals surface area contributed by atoms with Crippen LogP contribution in [0.4, 0.5) is 0 Å². The maximum atomic E-state index is 9.80. The molecule has 0 aliphatic heterocycles. The quantitative estimate of drug-likeness (QED) is 0.611.